The number of morpholine rings is 1. The summed E-state index contributed by atoms with van der Waals surface area (Å²) < 4.78 is 11.0. The second kappa shape index (κ2) is 7.38. The number of hydrogen-bond donors (Lipinski definition) is 0. The molecule has 20 heavy (non-hydrogen) atoms. The van der Waals surface area contributed by atoms with E-state index in [9.17, 15) is 4.79 Å². The largest absolute Gasteiger partial charge is 0.381 e. The van der Waals surface area contributed by atoms with Gasteiger partial charge < -0.3 is 19.3 Å². The summed E-state index contributed by atoms with van der Waals surface area (Å²) in [5, 5.41) is 0. The zero-order chi connectivity index (χ0) is 14.5. The smallest absolute Gasteiger partial charge is 0.225 e. The topological polar surface area (TPSA) is 42.0 Å². The molecule has 1 aliphatic carbocycles. The fraction of sp³-hybridized carbons (Fsp3) is 0.933. The molecular weight excluding hydrogens is 256 g/mol. The maximum atomic E-state index is 12.4. The van der Waals surface area contributed by atoms with Crippen LogP contribution in [0.1, 0.15) is 26.2 Å². The third-order valence-electron chi connectivity index (χ3n) is 4.16. The Hall–Kier alpha value is -0.650. The fourth-order valence-electron chi connectivity index (χ4n) is 2.57. The minimum absolute atomic E-state index is 0.0147. The molecule has 2 unspecified atom stereocenters. The van der Waals surface area contributed by atoms with Gasteiger partial charge in [-0.2, -0.15) is 0 Å². The van der Waals surface area contributed by atoms with Crippen LogP contribution in [0.5, 0.6) is 0 Å². The summed E-state index contributed by atoms with van der Waals surface area (Å²) in [4.78, 5) is 16.7. The van der Waals surface area contributed by atoms with E-state index in [2.05, 4.69) is 11.9 Å². The van der Waals surface area contributed by atoms with E-state index in [1.165, 1.54) is 12.8 Å². The van der Waals surface area contributed by atoms with Gasteiger partial charge in [0.2, 0.25) is 5.91 Å². The van der Waals surface area contributed by atoms with Gasteiger partial charge in [0.15, 0.2) is 0 Å². The van der Waals surface area contributed by atoms with Crippen molar-refractivity contribution < 1.29 is 14.3 Å². The molecule has 2 aliphatic rings. The van der Waals surface area contributed by atoms with Gasteiger partial charge in [-0.15, -0.1) is 0 Å². The molecule has 1 heterocycles. The van der Waals surface area contributed by atoms with Crippen LogP contribution in [0.15, 0.2) is 0 Å². The average Bonchev–Trinajstić information content (AvgIpc) is 3.22. The normalized spacial score (nSPS) is 25.4. The molecule has 0 radical (unpaired) electrons. The zero-order valence-corrected chi connectivity index (χ0v) is 13.0. The van der Waals surface area contributed by atoms with Crippen LogP contribution in [0, 0.1) is 5.92 Å². The van der Waals surface area contributed by atoms with E-state index in [1.807, 2.05) is 11.8 Å². The van der Waals surface area contributed by atoms with Gasteiger partial charge in [-0.1, -0.05) is 0 Å². The Morgan fingerprint density at radius 3 is 2.80 bits per heavy atom. The van der Waals surface area contributed by atoms with Gasteiger partial charge in [0.05, 0.1) is 25.2 Å². The highest BCUT2D eigenvalue weighted by molar-refractivity contribution is 5.76. The summed E-state index contributed by atoms with van der Waals surface area (Å²) in [5.74, 6) is 0.904. The SMILES string of the molecule is COC(C)CC(=O)N(CC1CC1)CC1CN(C)CCO1. The summed E-state index contributed by atoms with van der Waals surface area (Å²) in [6.45, 7) is 6.20. The Bertz CT molecular complexity index is 320. The van der Waals surface area contributed by atoms with Gasteiger partial charge in [-0.3, -0.25) is 4.79 Å². The lowest BCUT2D eigenvalue weighted by atomic mass is 10.2. The number of hydrogen-bond acceptors (Lipinski definition) is 4. The van der Waals surface area contributed by atoms with Gasteiger partial charge in [0.25, 0.3) is 0 Å². The molecule has 1 aliphatic heterocycles. The lowest BCUT2D eigenvalue weighted by molar-refractivity contribution is -0.137. The molecule has 1 saturated heterocycles. The van der Waals surface area contributed by atoms with E-state index >= 15 is 0 Å². The Morgan fingerprint density at radius 2 is 2.20 bits per heavy atom. The number of nitrogens with zero attached hydrogens (tertiary/aromatic N) is 2. The summed E-state index contributed by atoms with van der Waals surface area (Å²) in [5.41, 5.74) is 0. The first-order valence-corrected chi connectivity index (χ1v) is 7.69. The maximum Gasteiger partial charge on any atom is 0.225 e. The number of likely N-dealkylation sites (N-methyl/N-ethyl adjacent to an activating group) is 1. The standard InChI is InChI=1S/C15H28N2O3/c1-12(19-3)8-15(18)17(9-13-4-5-13)11-14-10-16(2)6-7-20-14/h12-14H,4-11H2,1-3H3. The van der Waals surface area contributed by atoms with E-state index in [-0.39, 0.29) is 18.1 Å². The molecule has 0 aromatic heterocycles. The predicted octanol–water partition coefficient (Wildman–Crippen LogP) is 0.981. The third kappa shape index (κ3) is 5.04. The molecule has 2 fully saturated rings. The molecule has 0 aromatic carbocycles. The van der Waals surface area contributed by atoms with Gasteiger partial charge >= 0.3 is 0 Å². The van der Waals surface area contributed by atoms with Gasteiger partial charge in [-0.25, -0.2) is 0 Å². The van der Waals surface area contributed by atoms with Crippen molar-refractivity contribution in [3.05, 3.63) is 0 Å². The molecule has 5 nitrogen and oxygen atoms in total. The molecule has 1 amide bonds. The number of carbonyl (C=O) groups is 1. The molecule has 1 saturated carbocycles. The minimum Gasteiger partial charge on any atom is -0.381 e. The molecule has 116 valence electrons. The van der Waals surface area contributed by atoms with Crippen molar-refractivity contribution in [1.82, 2.24) is 9.80 Å². The second-order valence-electron chi connectivity index (χ2n) is 6.25. The van der Waals surface area contributed by atoms with E-state index in [4.69, 9.17) is 9.47 Å². The molecule has 2 rings (SSSR count). The van der Waals surface area contributed by atoms with Crippen LogP contribution < -0.4 is 0 Å². The van der Waals surface area contributed by atoms with Crippen molar-refractivity contribution in [2.45, 2.75) is 38.4 Å². The third-order valence-corrected chi connectivity index (χ3v) is 4.16. The molecule has 0 spiro atoms. The van der Waals surface area contributed by atoms with Crippen LogP contribution in [0.3, 0.4) is 0 Å². The average molecular weight is 284 g/mol. The number of rotatable bonds is 7. The van der Waals surface area contributed by atoms with Crippen molar-refractivity contribution in [1.29, 1.82) is 0 Å². The van der Waals surface area contributed by atoms with E-state index < -0.39 is 0 Å². The Labute approximate surface area is 122 Å². The Balaban J connectivity index is 1.86. The highest BCUT2D eigenvalue weighted by atomic mass is 16.5. The molecule has 2 atom stereocenters. The second-order valence-corrected chi connectivity index (χ2v) is 6.25. The lowest BCUT2D eigenvalue weighted by Gasteiger charge is -2.34. The first-order chi connectivity index (χ1) is 9.58. The highest BCUT2D eigenvalue weighted by Gasteiger charge is 2.30. The van der Waals surface area contributed by atoms with Crippen LogP contribution in [0.25, 0.3) is 0 Å². The van der Waals surface area contributed by atoms with Gasteiger partial charge in [0.1, 0.15) is 0 Å². The predicted molar refractivity (Wildman–Crippen MR) is 77.6 cm³/mol. The van der Waals surface area contributed by atoms with Crippen molar-refractivity contribution in [2.24, 2.45) is 5.92 Å². The lowest BCUT2D eigenvalue weighted by Crippen LogP contribution is -2.48. The van der Waals surface area contributed by atoms with E-state index in [1.54, 1.807) is 7.11 Å². The Kier molecular flexibility index (Phi) is 5.81. The van der Waals surface area contributed by atoms with Crippen molar-refractivity contribution >= 4 is 5.91 Å². The van der Waals surface area contributed by atoms with Gasteiger partial charge in [0, 0.05) is 33.3 Å². The quantitative estimate of drug-likeness (QED) is 0.699. The van der Waals surface area contributed by atoms with Crippen LogP contribution in [-0.2, 0) is 14.3 Å². The van der Waals surface area contributed by atoms with Crippen LogP contribution in [0.2, 0.25) is 0 Å². The molecular formula is C15H28N2O3. The number of ether oxygens (including phenoxy) is 2. The van der Waals surface area contributed by atoms with Crippen LogP contribution >= 0.6 is 0 Å². The summed E-state index contributed by atoms with van der Waals surface area (Å²) in [6, 6.07) is 0. The first-order valence-electron chi connectivity index (χ1n) is 7.69. The van der Waals surface area contributed by atoms with Crippen LogP contribution in [0.4, 0.5) is 0 Å². The summed E-state index contributed by atoms with van der Waals surface area (Å²) in [7, 11) is 3.76. The van der Waals surface area contributed by atoms with Crippen molar-refractivity contribution in [3.63, 3.8) is 0 Å². The Morgan fingerprint density at radius 1 is 1.45 bits per heavy atom. The number of carbonyl (C=O) groups excluding carboxylic acids is 1. The van der Waals surface area contributed by atoms with E-state index in [0.717, 1.165) is 32.8 Å². The van der Waals surface area contributed by atoms with Gasteiger partial charge in [-0.05, 0) is 32.7 Å². The van der Waals surface area contributed by atoms with E-state index in [0.29, 0.717) is 12.3 Å². The monoisotopic (exact) mass is 284 g/mol. The fourth-order valence-corrected chi connectivity index (χ4v) is 2.57. The minimum atomic E-state index is -0.0147. The molecule has 0 bridgehead atoms. The van der Waals surface area contributed by atoms with Crippen molar-refractivity contribution in [2.75, 3.05) is 46.9 Å². The highest BCUT2D eigenvalue weighted by Crippen LogP contribution is 2.30. The zero-order valence-electron chi connectivity index (χ0n) is 13.0. The summed E-state index contributed by atoms with van der Waals surface area (Å²) >= 11 is 0. The van der Waals surface area contributed by atoms with Crippen LogP contribution in [-0.4, -0.2) is 74.9 Å². The number of amides is 1. The first kappa shape index (κ1) is 15.7. The summed E-state index contributed by atoms with van der Waals surface area (Å²) in [6.07, 6.45) is 3.11. The molecule has 0 N–H and O–H groups in total. The van der Waals surface area contributed by atoms with Crippen molar-refractivity contribution in [3.8, 4) is 0 Å². The molecule has 5 heteroatoms. The number of methoxy groups -OCH3 is 1. The molecule has 0 aromatic rings. The maximum absolute atomic E-state index is 12.4.